The van der Waals surface area contributed by atoms with Gasteiger partial charge in [-0.1, -0.05) is 0 Å². The summed E-state index contributed by atoms with van der Waals surface area (Å²) in [6, 6.07) is 0. The van der Waals surface area contributed by atoms with Crippen molar-refractivity contribution < 1.29 is 23.7 Å². The molecule has 0 amide bonds. The average molecular weight is 216 g/mol. The van der Waals surface area contributed by atoms with Gasteiger partial charge in [0.2, 0.25) is 0 Å². The van der Waals surface area contributed by atoms with Gasteiger partial charge in [0.05, 0.1) is 6.10 Å². The molecule has 0 aliphatic carbocycles. The largest absolute Gasteiger partial charge is 0.353 e. The van der Waals surface area contributed by atoms with Gasteiger partial charge in [0.1, 0.15) is 18.5 Å². The summed E-state index contributed by atoms with van der Waals surface area (Å²) in [4.78, 5) is 10.5. The molecule has 0 aromatic carbocycles. The topological polar surface area (TPSA) is 54.0 Å². The van der Waals surface area contributed by atoms with Crippen molar-refractivity contribution in [2.75, 3.05) is 7.11 Å². The molecule has 2 fully saturated rings. The number of rotatable bonds is 3. The van der Waals surface area contributed by atoms with Crippen molar-refractivity contribution in [3.8, 4) is 0 Å². The summed E-state index contributed by atoms with van der Waals surface area (Å²) in [6.07, 6.45) is -0.0272. The predicted molar refractivity (Wildman–Crippen MR) is 50.2 cm³/mol. The van der Waals surface area contributed by atoms with Gasteiger partial charge in [0.25, 0.3) is 0 Å². The Morgan fingerprint density at radius 3 is 2.60 bits per heavy atom. The molecule has 0 aromatic heterocycles. The van der Waals surface area contributed by atoms with Gasteiger partial charge in [-0.2, -0.15) is 0 Å². The minimum atomic E-state index is -0.628. The fourth-order valence-corrected chi connectivity index (χ4v) is 2.12. The van der Waals surface area contributed by atoms with Gasteiger partial charge < -0.3 is 23.7 Å². The Hall–Kier alpha value is -0.490. The SMILES string of the molecule is COC1OC(CC=O)C2OC(C)(C)OC12. The molecule has 2 heterocycles. The molecule has 2 saturated heterocycles. The highest BCUT2D eigenvalue weighted by atomic mass is 16.8. The van der Waals surface area contributed by atoms with Crippen molar-refractivity contribution in [2.45, 2.75) is 50.7 Å². The normalized spacial score (nSPS) is 42.9. The van der Waals surface area contributed by atoms with Crippen LogP contribution in [-0.4, -0.2) is 43.8 Å². The number of carbonyl (C=O) groups excluding carboxylic acids is 1. The zero-order valence-electron chi connectivity index (χ0n) is 9.14. The molecule has 4 unspecified atom stereocenters. The van der Waals surface area contributed by atoms with Crippen LogP contribution in [0.1, 0.15) is 20.3 Å². The first-order valence-electron chi connectivity index (χ1n) is 5.05. The molecule has 0 bridgehead atoms. The molecule has 0 aromatic rings. The third kappa shape index (κ3) is 1.92. The molecule has 0 radical (unpaired) electrons. The summed E-state index contributed by atoms with van der Waals surface area (Å²) < 4.78 is 22.0. The molecule has 0 spiro atoms. The first kappa shape index (κ1) is 11.0. The van der Waals surface area contributed by atoms with E-state index in [4.69, 9.17) is 18.9 Å². The van der Waals surface area contributed by atoms with Crippen LogP contribution in [-0.2, 0) is 23.7 Å². The lowest BCUT2D eigenvalue weighted by molar-refractivity contribution is -0.226. The Bertz CT molecular complexity index is 252. The molecule has 0 saturated carbocycles. The maximum Gasteiger partial charge on any atom is 0.186 e. The van der Waals surface area contributed by atoms with Gasteiger partial charge in [-0.05, 0) is 13.8 Å². The van der Waals surface area contributed by atoms with Crippen molar-refractivity contribution in [1.29, 1.82) is 0 Å². The lowest BCUT2D eigenvalue weighted by Crippen LogP contribution is -2.30. The molecule has 15 heavy (non-hydrogen) atoms. The first-order chi connectivity index (χ1) is 7.07. The number of methoxy groups -OCH3 is 1. The molecule has 5 nitrogen and oxygen atoms in total. The second-order valence-corrected chi connectivity index (χ2v) is 4.25. The third-order valence-corrected chi connectivity index (χ3v) is 2.67. The maximum atomic E-state index is 10.5. The lowest BCUT2D eigenvalue weighted by atomic mass is 10.1. The Kier molecular flexibility index (Phi) is 2.81. The number of hydrogen-bond donors (Lipinski definition) is 0. The van der Waals surface area contributed by atoms with Gasteiger partial charge in [0, 0.05) is 13.5 Å². The highest BCUT2D eigenvalue weighted by Gasteiger charge is 2.55. The van der Waals surface area contributed by atoms with E-state index >= 15 is 0 Å². The van der Waals surface area contributed by atoms with Gasteiger partial charge >= 0.3 is 0 Å². The van der Waals surface area contributed by atoms with E-state index in [2.05, 4.69) is 0 Å². The van der Waals surface area contributed by atoms with E-state index < -0.39 is 12.1 Å². The summed E-state index contributed by atoms with van der Waals surface area (Å²) in [5.74, 6) is -0.628. The van der Waals surface area contributed by atoms with Crippen LogP contribution in [0.5, 0.6) is 0 Å². The molecule has 86 valence electrons. The Morgan fingerprint density at radius 2 is 2.00 bits per heavy atom. The van der Waals surface area contributed by atoms with Crippen LogP contribution in [0.25, 0.3) is 0 Å². The summed E-state index contributed by atoms with van der Waals surface area (Å²) in [5.41, 5.74) is 0. The van der Waals surface area contributed by atoms with Crippen LogP contribution in [0.4, 0.5) is 0 Å². The summed E-state index contributed by atoms with van der Waals surface area (Å²) in [5, 5.41) is 0. The standard InChI is InChI=1S/C10H16O5/c1-10(2)14-7-6(4-5-11)13-9(12-3)8(7)15-10/h5-9H,4H2,1-3H3. The van der Waals surface area contributed by atoms with Crippen LogP contribution in [0.15, 0.2) is 0 Å². The summed E-state index contributed by atoms with van der Waals surface area (Å²) >= 11 is 0. The second-order valence-electron chi connectivity index (χ2n) is 4.25. The van der Waals surface area contributed by atoms with Gasteiger partial charge in [-0.25, -0.2) is 0 Å². The summed E-state index contributed by atoms with van der Waals surface area (Å²) in [7, 11) is 1.56. The molecule has 0 N–H and O–H groups in total. The minimum Gasteiger partial charge on any atom is -0.353 e. The van der Waals surface area contributed by atoms with E-state index in [0.29, 0.717) is 6.42 Å². The molecule has 4 atom stereocenters. The van der Waals surface area contributed by atoms with Crippen LogP contribution in [0, 0.1) is 0 Å². The molecule has 5 heteroatoms. The van der Waals surface area contributed by atoms with Gasteiger partial charge in [0.15, 0.2) is 12.1 Å². The first-order valence-corrected chi connectivity index (χ1v) is 5.05. The molecule has 2 aliphatic rings. The van der Waals surface area contributed by atoms with E-state index in [1.807, 2.05) is 13.8 Å². The number of hydrogen-bond acceptors (Lipinski definition) is 5. The van der Waals surface area contributed by atoms with E-state index in [9.17, 15) is 4.79 Å². The van der Waals surface area contributed by atoms with Crippen molar-refractivity contribution in [1.82, 2.24) is 0 Å². The highest BCUT2D eigenvalue weighted by Crippen LogP contribution is 2.39. The monoisotopic (exact) mass is 216 g/mol. The van der Waals surface area contributed by atoms with Crippen molar-refractivity contribution in [3.05, 3.63) is 0 Å². The predicted octanol–water partition coefficient (Wildman–Crippen LogP) is 0.467. The highest BCUT2D eigenvalue weighted by molar-refractivity contribution is 5.50. The number of ether oxygens (including phenoxy) is 4. The van der Waals surface area contributed by atoms with E-state index in [1.165, 1.54) is 0 Å². The third-order valence-electron chi connectivity index (χ3n) is 2.67. The Morgan fingerprint density at radius 1 is 1.33 bits per heavy atom. The number of fused-ring (bicyclic) bond motifs is 1. The van der Waals surface area contributed by atoms with E-state index in [0.717, 1.165) is 6.29 Å². The average Bonchev–Trinajstić information content (AvgIpc) is 2.61. The zero-order chi connectivity index (χ0) is 11.1. The fourth-order valence-electron chi connectivity index (χ4n) is 2.12. The van der Waals surface area contributed by atoms with Gasteiger partial charge in [-0.3, -0.25) is 0 Å². The molecular weight excluding hydrogens is 200 g/mol. The molecular formula is C10H16O5. The Labute approximate surface area is 88.6 Å². The van der Waals surface area contributed by atoms with Crippen LogP contribution in [0.3, 0.4) is 0 Å². The van der Waals surface area contributed by atoms with E-state index in [1.54, 1.807) is 7.11 Å². The number of aldehydes is 1. The van der Waals surface area contributed by atoms with Crippen molar-refractivity contribution in [3.63, 3.8) is 0 Å². The minimum absolute atomic E-state index is 0.213. The summed E-state index contributed by atoms with van der Waals surface area (Å²) in [6.45, 7) is 3.69. The van der Waals surface area contributed by atoms with E-state index in [-0.39, 0.29) is 18.3 Å². The second kappa shape index (κ2) is 3.83. The quantitative estimate of drug-likeness (QED) is 0.642. The van der Waals surface area contributed by atoms with Gasteiger partial charge in [-0.15, -0.1) is 0 Å². The molecule has 2 rings (SSSR count). The smallest absolute Gasteiger partial charge is 0.186 e. The van der Waals surface area contributed by atoms with Crippen molar-refractivity contribution >= 4 is 6.29 Å². The maximum absolute atomic E-state index is 10.5. The van der Waals surface area contributed by atoms with Crippen LogP contribution in [0.2, 0.25) is 0 Å². The zero-order valence-corrected chi connectivity index (χ0v) is 9.14. The van der Waals surface area contributed by atoms with Crippen LogP contribution >= 0.6 is 0 Å². The molecule has 2 aliphatic heterocycles. The fraction of sp³-hybridized carbons (Fsp3) is 0.900. The van der Waals surface area contributed by atoms with Crippen LogP contribution < -0.4 is 0 Å². The Balaban J connectivity index is 2.11. The number of carbonyl (C=O) groups is 1. The van der Waals surface area contributed by atoms with Crippen molar-refractivity contribution in [2.24, 2.45) is 0 Å². The lowest BCUT2D eigenvalue weighted by Gasteiger charge is -2.22.